The van der Waals surface area contributed by atoms with Crippen molar-refractivity contribution in [2.24, 2.45) is 0 Å². The second-order valence-corrected chi connectivity index (χ2v) is 4.05. The summed E-state index contributed by atoms with van der Waals surface area (Å²) in [5, 5.41) is 11.5. The number of nitrogens with one attached hydrogen (secondary N) is 1. The van der Waals surface area contributed by atoms with Crippen LogP contribution in [-0.2, 0) is 6.54 Å². The third kappa shape index (κ3) is 1.61. The van der Waals surface area contributed by atoms with Gasteiger partial charge in [-0.3, -0.25) is 0 Å². The van der Waals surface area contributed by atoms with Crippen LogP contribution in [0.2, 0.25) is 0 Å². The second-order valence-electron chi connectivity index (χ2n) is 4.05. The average molecular weight is 233 g/mol. The average Bonchev–Trinajstić information content (AvgIpc) is 2.75. The Morgan fingerprint density at radius 2 is 2.35 bits per heavy atom. The Hall–Kier alpha value is -1.82. The van der Waals surface area contributed by atoms with Crippen molar-refractivity contribution in [2.75, 3.05) is 6.54 Å². The number of nitrogens with zero attached hydrogens (tertiary/aromatic N) is 4. The number of pyridine rings is 1. The summed E-state index contributed by atoms with van der Waals surface area (Å²) in [5.41, 5.74) is 0.403. The summed E-state index contributed by atoms with van der Waals surface area (Å²) in [6.07, 6.45) is 1.43. The molecule has 0 spiro atoms. The number of rotatable bonds is 1. The molecule has 1 atom stereocenters. The molecule has 0 radical (unpaired) electrons. The zero-order chi connectivity index (χ0) is 11.8. The number of aromatic nitrogens is 4. The molecule has 3 heterocycles. The van der Waals surface area contributed by atoms with Crippen molar-refractivity contribution in [3.63, 3.8) is 0 Å². The summed E-state index contributed by atoms with van der Waals surface area (Å²) in [6.45, 7) is 3.60. The lowest BCUT2D eigenvalue weighted by atomic mass is 10.2. The zero-order valence-electron chi connectivity index (χ0n) is 9.39. The molecule has 0 saturated heterocycles. The van der Waals surface area contributed by atoms with E-state index in [1.807, 2.05) is 11.5 Å². The molecule has 1 N–H and O–H groups in total. The SMILES string of the molecule is CC1NCCn2c(-c3cccnc3F)nnc21. The van der Waals surface area contributed by atoms with E-state index in [4.69, 9.17) is 0 Å². The molecule has 1 aliphatic heterocycles. The molecular weight excluding hydrogens is 221 g/mol. The first kappa shape index (κ1) is 10.3. The smallest absolute Gasteiger partial charge is 0.223 e. The summed E-state index contributed by atoms with van der Waals surface area (Å²) >= 11 is 0. The van der Waals surface area contributed by atoms with Crippen molar-refractivity contribution >= 4 is 0 Å². The monoisotopic (exact) mass is 233 g/mol. The Labute approximate surface area is 97.7 Å². The van der Waals surface area contributed by atoms with Crippen LogP contribution in [-0.4, -0.2) is 26.3 Å². The Kier molecular flexibility index (Phi) is 2.36. The van der Waals surface area contributed by atoms with Gasteiger partial charge < -0.3 is 9.88 Å². The van der Waals surface area contributed by atoms with E-state index < -0.39 is 5.95 Å². The molecule has 88 valence electrons. The van der Waals surface area contributed by atoms with Crippen LogP contribution in [0.3, 0.4) is 0 Å². The number of hydrogen-bond donors (Lipinski definition) is 1. The highest BCUT2D eigenvalue weighted by molar-refractivity contribution is 5.54. The van der Waals surface area contributed by atoms with Gasteiger partial charge in [-0.1, -0.05) is 0 Å². The maximum absolute atomic E-state index is 13.6. The van der Waals surface area contributed by atoms with Gasteiger partial charge in [0.2, 0.25) is 5.95 Å². The molecule has 0 amide bonds. The highest BCUT2D eigenvalue weighted by atomic mass is 19.1. The van der Waals surface area contributed by atoms with Gasteiger partial charge in [-0.25, -0.2) is 4.98 Å². The van der Waals surface area contributed by atoms with E-state index in [2.05, 4.69) is 20.5 Å². The van der Waals surface area contributed by atoms with Gasteiger partial charge >= 0.3 is 0 Å². The minimum Gasteiger partial charge on any atom is -0.308 e. The van der Waals surface area contributed by atoms with E-state index in [-0.39, 0.29) is 6.04 Å². The predicted molar refractivity (Wildman–Crippen MR) is 59.6 cm³/mol. The number of halogens is 1. The Morgan fingerprint density at radius 3 is 3.18 bits per heavy atom. The fraction of sp³-hybridized carbons (Fsp3) is 0.364. The number of fused-ring (bicyclic) bond motifs is 1. The third-order valence-corrected chi connectivity index (χ3v) is 2.95. The largest absolute Gasteiger partial charge is 0.308 e. The van der Waals surface area contributed by atoms with Crippen LogP contribution >= 0.6 is 0 Å². The molecule has 0 fully saturated rings. The number of hydrogen-bond acceptors (Lipinski definition) is 4. The van der Waals surface area contributed by atoms with Gasteiger partial charge in [-0.05, 0) is 19.1 Å². The van der Waals surface area contributed by atoms with E-state index in [0.29, 0.717) is 11.4 Å². The molecule has 0 aliphatic carbocycles. The van der Waals surface area contributed by atoms with Crippen LogP contribution in [0, 0.1) is 5.95 Å². The summed E-state index contributed by atoms with van der Waals surface area (Å²) < 4.78 is 15.6. The van der Waals surface area contributed by atoms with E-state index in [1.54, 1.807) is 12.1 Å². The first-order valence-corrected chi connectivity index (χ1v) is 5.55. The topological polar surface area (TPSA) is 55.6 Å². The minimum atomic E-state index is -0.506. The molecule has 6 heteroatoms. The highest BCUT2D eigenvalue weighted by Crippen LogP contribution is 2.24. The molecule has 0 saturated carbocycles. The molecule has 17 heavy (non-hydrogen) atoms. The normalized spacial score (nSPS) is 19.1. The Balaban J connectivity index is 2.14. The summed E-state index contributed by atoms with van der Waals surface area (Å²) in [5.74, 6) is 0.891. The van der Waals surface area contributed by atoms with Crippen LogP contribution in [0.25, 0.3) is 11.4 Å². The van der Waals surface area contributed by atoms with Gasteiger partial charge in [0, 0.05) is 19.3 Å². The van der Waals surface area contributed by atoms with Crippen LogP contribution in [0.4, 0.5) is 4.39 Å². The third-order valence-electron chi connectivity index (χ3n) is 2.95. The van der Waals surface area contributed by atoms with E-state index in [0.717, 1.165) is 18.9 Å². The fourth-order valence-corrected chi connectivity index (χ4v) is 2.09. The second kappa shape index (κ2) is 3.89. The van der Waals surface area contributed by atoms with Crippen molar-refractivity contribution in [2.45, 2.75) is 19.5 Å². The molecule has 1 unspecified atom stereocenters. The van der Waals surface area contributed by atoms with Gasteiger partial charge in [-0.15, -0.1) is 10.2 Å². The van der Waals surface area contributed by atoms with Crippen molar-refractivity contribution in [3.8, 4) is 11.4 Å². The quantitative estimate of drug-likeness (QED) is 0.750. The molecular formula is C11H12FN5. The fourth-order valence-electron chi connectivity index (χ4n) is 2.09. The summed E-state index contributed by atoms with van der Waals surface area (Å²) in [6, 6.07) is 3.52. The van der Waals surface area contributed by atoms with Gasteiger partial charge in [0.25, 0.3) is 0 Å². The lowest BCUT2D eigenvalue weighted by Gasteiger charge is -2.21. The molecule has 2 aromatic rings. The van der Waals surface area contributed by atoms with E-state index >= 15 is 0 Å². The predicted octanol–water partition coefficient (Wildman–Crippen LogP) is 1.14. The summed E-state index contributed by atoms with van der Waals surface area (Å²) in [4.78, 5) is 3.64. The van der Waals surface area contributed by atoms with Crippen LogP contribution < -0.4 is 5.32 Å². The van der Waals surface area contributed by atoms with Crippen molar-refractivity contribution in [1.29, 1.82) is 0 Å². The minimum absolute atomic E-state index is 0.143. The molecule has 0 bridgehead atoms. The Morgan fingerprint density at radius 1 is 1.47 bits per heavy atom. The maximum Gasteiger partial charge on any atom is 0.223 e. The van der Waals surface area contributed by atoms with E-state index in [1.165, 1.54) is 6.20 Å². The zero-order valence-corrected chi connectivity index (χ0v) is 9.39. The lowest BCUT2D eigenvalue weighted by molar-refractivity contribution is 0.438. The van der Waals surface area contributed by atoms with Crippen LogP contribution in [0.5, 0.6) is 0 Å². The standard InChI is InChI=1S/C11H12FN5/c1-7-10-15-16-11(17(10)6-5-13-7)8-3-2-4-14-9(8)12/h2-4,7,13H,5-6H2,1H3. The molecule has 1 aliphatic rings. The Bertz CT molecular complexity index is 551. The summed E-state index contributed by atoms with van der Waals surface area (Å²) in [7, 11) is 0. The van der Waals surface area contributed by atoms with Gasteiger partial charge in [0.05, 0.1) is 11.6 Å². The lowest BCUT2D eigenvalue weighted by Crippen LogP contribution is -2.32. The van der Waals surface area contributed by atoms with Crippen LogP contribution in [0.15, 0.2) is 18.3 Å². The van der Waals surface area contributed by atoms with Gasteiger partial charge in [-0.2, -0.15) is 4.39 Å². The maximum atomic E-state index is 13.6. The molecule has 0 aromatic carbocycles. The first-order chi connectivity index (χ1) is 8.27. The van der Waals surface area contributed by atoms with Crippen molar-refractivity contribution < 1.29 is 4.39 Å². The van der Waals surface area contributed by atoms with Gasteiger partial charge in [0.15, 0.2) is 5.82 Å². The van der Waals surface area contributed by atoms with Gasteiger partial charge in [0.1, 0.15) is 5.82 Å². The van der Waals surface area contributed by atoms with Crippen LogP contribution in [0.1, 0.15) is 18.8 Å². The highest BCUT2D eigenvalue weighted by Gasteiger charge is 2.23. The molecule has 3 rings (SSSR count). The van der Waals surface area contributed by atoms with E-state index in [9.17, 15) is 4.39 Å². The molecule has 5 nitrogen and oxygen atoms in total. The first-order valence-electron chi connectivity index (χ1n) is 5.55. The molecule has 2 aromatic heterocycles. The van der Waals surface area contributed by atoms with Crippen molar-refractivity contribution in [3.05, 3.63) is 30.1 Å². The van der Waals surface area contributed by atoms with Crippen molar-refractivity contribution in [1.82, 2.24) is 25.1 Å².